The maximum atomic E-state index is 13.6. The van der Waals surface area contributed by atoms with Gasteiger partial charge in [-0.25, -0.2) is 4.39 Å². The number of rotatable bonds is 5. The van der Waals surface area contributed by atoms with E-state index in [1.807, 2.05) is 30.3 Å². The molecule has 2 amide bonds. The van der Waals surface area contributed by atoms with Gasteiger partial charge in [-0.05, 0) is 48.4 Å². The number of hydrogen-bond acceptors (Lipinski definition) is 4. The first kappa shape index (κ1) is 25.3. The highest BCUT2D eigenvalue weighted by Crippen LogP contribution is 2.31. The van der Waals surface area contributed by atoms with E-state index in [9.17, 15) is 27.2 Å². The fourth-order valence-electron chi connectivity index (χ4n) is 4.74. The number of nitrogens with one attached hydrogen (secondary N) is 1. The van der Waals surface area contributed by atoms with E-state index in [1.54, 1.807) is 4.90 Å². The van der Waals surface area contributed by atoms with Crippen molar-refractivity contribution in [2.24, 2.45) is 0 Å². The average Bonchev–Trinajstić information content (AvgIpc) is 3.31. The molecule has 0 bridgehead atoms. The second-order valence-corrected chi connectivity index (χ2v) is 8.97. The molecule has 1 aromatic heterocycles. The summed E-state index contributed by atoms with van der Waals surface area (Å²) >= 11 is 0. The van der Waals surface area contributed by atoms with E-state index >= 15 is 0 Å². The van der Waals surface area contributed by atoms with Crippen molar-refractivity contribution in [1.82, 2.24) is 10.2 Å². The zero-order chi connectivity index (χ0) is 26.9. The molecule has 0 saturated carbocycles. The minimum absolute atomic E-state index is 0.0677. The number of hydrogen-bond donors (Lipinski definition) is 1. The second-order valence-electron chi connectivity index (χ2n) is 8.97. The van der Waals surface area contributed by atoms with Crippen LogP contribution in [0.25, 0.3) is 11.0 Å². The molecule has 0 radical (unpaired) electrons. The Morgan fingerprint density at radius 2 is 1.71 bits per heavy atom. The summed E-state index contributed by atoms with van der Waals surface area (Å²) in [5, 5.41) is 3.31. The van der Waals surface area contributed by atoms with E-state index < -0.39 is 29.9 Å². The molecule has 1 N–H and O–H groups in total. The van der Waals surface area contributed by atoms with E-state index in [0.29, 0.717) is 17.4 Å². The molecule has 1 aliphatic rings. The quantitative estimate of drug-likeness (QED) is 0.329. The highest BCUT2D eigenvalue weighted by Gasteiger charge is 2.36. The molecule has 6 nitrogen and oxygen atoms in total. The summed E-state index contributed by atoms with van der Waals surface area (Å²) < 4.78 is 61.8. The number of alkyl halides is 3. The summed E-state index contributed by atoms with van der Waals surface area (Å²) in [7, 11) is 0. The number of piperidine rings is 1. The summed E-state index contributed by atoms with van der Waals surface area (Å²) in [5.74, 6) is -2.41. The van der Waals surface area contributed by atoms with Crippen LogP contribution in [-0.4, -0.2) is 42.2 Å². The molecular formula is C28H22F4N2O4. The summed E-state index contributed by atoms with van der Waals surface area (Å²) in [6.07, 6.45) is -4.61. The molecule has 1 aliphatic heterocycles. The number of carbonyl (C=O) groups is 2. The van der Waals surface area contributed by atoms with Crippen molar-refractivity contribution in [2.75, 3.05) is 13.1 Å². The van der Waals surface area contributed by atoms with E-state index in [1.165, 1.54) is 42.5 Å². The number of amides is 2. The SMILES string of the molecule is O=C(N[C@@H]1CCN(C(=O)c2cc3cc(F)ccc3o2)C[C@@H]1c1ccccc1)c1ccccc1OC(F)(F)F. The zero-order valence-electron chi connectivity index (χ0n) is 19.9. The lowest BCUT2D eigenvalue weighted by molar-refractivity contribution is -0.274. The van der Waals surface area contributed by atoms with Gasteiger partial charge < -0.3 is 19.4 Å². The van der Waals surface area contributed by atoms with Gasteiger partial charge in [-0.2, -0.15) is 0 Å². The van der Waals surface area contributed by atoms with Gasteiger partial charge in [-0.15, -0.1) is 13.2 Å². The van der Waals surface area contributed by atoms with Gasteiger partial charge in [-0.1, -0.05) is 42.5 Å². The van der Waals surface area contributed by atoms with Crippen molar-refractivity contribution in [2.45, 2.75) is 24.7 Å². The molecule has 10 heteroatoms. The highest BCUT2D eigenvalue weighted by atomic mass is 19.4. The van der Waals surface area contributed by atoms with Crippen molar-refractivity contribution < 1.29 is 36.3 Å². The molecule has 2 heterocycles. The Morgan fingerprint density at radius 1 is 0.974 bits per heavy atom. The molecule has 0 unspecified atom stereocenters. The number of likely N-dealkylation sites (tertiary alicyclic amines) is 1. The fraction of sp³-hybridized carbons (Fsp3) is 0.214. The topological polar surface area (TPSA) is 71.8 Å². The lowest BCUT2D eigenvalue weighted by Crippen LogP contribution is -2.51. The van der Waals surface area contributed by atoms with Crippen LogP contribution in [0.1, 0.15) is 38.8 Å². The van der Waals surface area contributed by atoms with Gasteiger partial charge in [0.15, 0.2) is 5.76 Å². The van der Waals surface area contributed by atoms with Gasteiger partial charge in [0.2, 0.25) is 0 Å². The number of para-hydroxylation sites is 1. The average molecular weight is 526 g/mol. The minimum Gasteiger partial charge on any atom is -0.451 e. The molecule has 0 aliphatic carbocycles. The summed E-state index contributed by atoms with van der Waals surface area (Å²) in [5.41, 5.74) is 0.989. The van der Waals surface area contributed by atoms with E-state index in [4.69, 9.17) is 4.42 Å². The minimum atomic E-state index is -4.95. The number of fused-ring (bicyclic) bond motifs is 1. The maximum absolute atomic E-state index is 13.6. The van der Waals surface area contributed by atoms with Crippen molar-refractivity contribution in [3.63, 3.8) is 0 Å². The van der Waals surface area contributed by atoms with Crippen molar-refractivity contribution in [3.8, 4) is 5.75 Å². The molecule has 5 rings (SSSR count). The van der Waals surface area contributed by atoms with Crippen LogP contribution >= 0.6 is 0 Å². The molecule has 0 spiro atoms. The van der Waals surface area contributed by atoms with Crippen molar-refractivity contribution >= 4 is 22.8 Å². The first-order valence-corrected chi connectivity index (χ1v) is 11.9. The predicted molar refractivity (Wildman–Crippen MR) is 130 cm³/mol. The van der Waals surface area contributed by atoms with Gasteiger partial charge in [-0.3, -0.25) is 9.59 Å². The third-order valence-corrected chi connectivity index (χ3v) is 6.49. The number of ether oxygens (including phenoxy) is 1. The molecule has 3 aromatic carbocycles. The van der Waals surface area contributed by atoms with Crippen LogP contribution in [0.3, 0.4) is 0 Å². The molecule has 1 fully saturated rings. The Kier molecular flexibility index (Phi) is 6.79. The standard InChI is InChI=1S/C28H22F4N2O4/c29-19-10-11-23-18(14-19)15-25(37-23)27(36)34-13-12-22(21(16-34)17-6-2-1-3-7-17)33-26(35)20-8-4-5-9-24(20)38-28(30,31)32/h1-11,14-15,21-22H,12-13,16H2,(H,33,35)/t21-,22-/m1/s1. The molecule has 2 atom stereocenters. The number of benzene rings is 3. The lowest BCUT2D eigenvalue weighted by Gasteiger charge is -2.39. The lowest BCUT2D eigenvalue weighted by atomic mass is 9.85. The van der Waals surface area contributed by atoms with Crippen molar-refractivity contribution in [3.05, 3.63) is 102 Å². The maximum Gasteiger partial charge on any atom is 0.573 e. The monoisotopic (exact) mass is 526 g/mol. The Labute approximate surface area is 214 Å². The number of furan rings is 1. The van der Waals surface area contributed by atoms with Gasteiger partial charge in [0, 0.05) is 30.4 Å². The Hall–Kier alpha value is -4.34. The molecular weight excluding hydrogens is 504 g/mol. The van der Waals surface area contributed by atoms with Gasteiger partial charge in [0.05, 0.1) is 5.56 Å². The first-order valence-electron chi connectivity index (χ1n) is 11.9. The Bertz CT molecular complexity index is 1470. The van der Waals surface area contributed by atoms with Crippen LogP contribution in [0, 0.1) is 5.82 Å². The molecule has 4 aromatic rings. The Balaban J connectivity index is 1.38. The van der Waals surface area contributed by atoms with E-state index in [2.05, 4.69) is 10.1 Å². The van der Waals surface area contributed by atoms with Gasteiger partial charge >= 0.3 is 6.36 Å². The molecule has 196 valence electrons. The molecule has 1 saturated heterocycles. The van der Waals surface area contributed by atoms with Crippen LogP contribution in [0.4, 0.5) is 17.6 Å². The normalized spacial score (nSPS) is 17.8. The number of halogens is 4. The van der Waals surface area contributed by atoms with Gasteiger partial charge in [0.1, 0.15) is 17.1 Å². The number of carbonyl (C=O) groups excluding carboxylic acids is 2. The third-order valence-electron chi connectivity index (χ3n) is 6.49. The van der Waals surface area contributed by atoms with Crippen LogP contribution in [0.15, 0.2) is 83.3 Å². The Morgan fingerprint density at radius 3 is 2.47 bits per heavy atom. The number of nitrogens with zero attached hydrogens (tertiary/aromatic N) is 1. The zero-order valence-corrected chi connectivity index (χ0v) is 19.9. The fourth-order valence-corrected chi connectivity index (χ4v) is 4.74. The summed E-state index contributed by atoms with van der Waals surface area (Å²) in [6.45, 7) is 0.485. The van der Waals surface area contributed by atoms with Crippen molar-refractivity contribution in [1.29, 1.82) is 0 Å². The van der Waals surface area contributed by atoms with Crippen LogP contribution in [-0.2, 0) is 0 Å². The largest absolute Gasteiger partial charge is 0.573 e. The predicted octanol–water partition coefficient (Wildman–Crippen LogP) is 5.90. The summed E-state index contributed by atoms with van der Waals surface area (Å²) in [6, 6.07) is 19.4. The third kappa shape index (κ3) is 5.49. The van der Waals surface area contributed by atoms with Gasteiger partial charge in [0.25, 0.3) is 11.8 Å². The first-order chi connectivity index (χ1) is 18.2. The second kappa shape index (κ2) is 10.2. The van der Waals surface area contributed by atoms with E-state index in [-0.39, 0.29) is 36.2 Å². The van der Waals surface area contributed by atoms with Crippen LogP contribution in [0.2, 0.25) is 0 Å². The van der Waals surface area contributed by atoms with E-state index in [0.717, 1.165) is 11.6 Å². The summed E-state index contributed by atoms with van der Waals surface area (Å²) in [4.78, 5) is 28.0. The smallest absolute Gasteiger partial charge is 0.451 e. The van der Waals surface area contributed by atoms with Crippen LogP contribution < -0.4 is 10.1 Å². The van der Waals surface area contributed by atoms with Crippen LogP contribution in [0.5, 0.6) is 5.75 Å². The molecule has 38 heavy (non-hydrogen) atoms. The highest BCUT2D eigenvalue weighted by molar-refractivity contribution is 5.98.